The number of fused-ring (bicyclic) bond motifs is 3. The molecule has 130 valence electrons. The molecule has 5 rings (SSSR count). The quantitative estimate of drug-likeness (QED) is 0.786. The van der Waals surface area contributed by atoms with Gasteiger partial charge < -0.3 is 21.3 Å². The number of nitrogen functional groups attached to an aromatic ring is 1. The summed E-state index contributed by atoms with van der Waals surface area (Å²) < 4.78 is 0. The van der Waals surface area contributed by atoms with Crippen molar-refractivity contribution in [3.63, 3.8) is 0 Å². The van der Waals surface area contributed by atoms with Crippen LogP contribution < -0.4 is 21.3 Å². The Kier molecular flexibility index (Phi) is 3.54. The maximum absolute atomic E-state index is 6.02. The van der Waals surface area contributed by atoms with Crippen molar-refractivity contribution in [1.82, 2.24) is 15.3 Å². The molecule has 24 heavy (non-hydrogen) atoms. The number of nitrogens with zero attached hydrogens (tertiary/aromatic N) is 3. The molecule has 4 fully saturated rings. The SMILES string of the molecule is Nc1nc(NC2CC3CCC2C3)cc(N2CC3CCCNC3C2)n1. The molecule has 1 aromatic rings. The van der Waals surface area contributed by atoms with Gasteiger partial charge in [-0.05, 0) is 56.4 Å². The first kappa shape index (κ1) is 14.8. The molecule has 2 saturated heterocycles. The molecular formula is C18H28N6. The Hall–Kier alpha value is -1.56. The van der Waals surface area contributed by atoms with Crippen molar-refractivity contribution in [3.05, 3.63) is 6.07 Å². The fourth-order valence-corrected chi connectivity index (χ4v) is 5.53. The van der Waals surface area contributed by atoms with Crippen molar-refractivity contribution >= 4 is 17.6 Å². The number of rotatable bonds is 3. The smallest absolute Gasteiger partial charge is 0.223 e. The molecule has 0 radical (unpaired) electrons. The predicted octanol–water partition coefficient (Wildman–Crippen LogP) is 1.85. The van der Waals surface area contributed by atoms with Crippen LogP contribution >= 0.6 is 0 Å². The van der Waals surface area contributed by atoms with Crippen LogP contribution in [0.25, 0.3) is 0 Å². The van der Waals surface area contributed by atoms with Crippen molar-refractivity contribution in [2.75, 3.05) is 35.6 Å². The van der Waals surface area contributed by atoms with E-state index in [0.29, 0.717) is 18.0 Å². The second kappa shape index (κ2) is 5.76. The van der Waals surface area contributed by atoms with E-state index in [1.807, 2.05) is 0 Å². The molecular weight excluding hydrogens is 300 g/mol. The zero-order chi connectivity index (χ0) is 16.1. The summed E-state index contributed by atoms with van der Waals surface area (Å²) in [5.41, 5.74) is 6.02. The molecule has 4 N–H and O–H groups in total. The van der Waals surface area contributed by atoms with E-state index in [9.17, 15) is 0 Å². The molecule has 2 aliphatic heterocycles. The van der Waals surface area contributed by atoms with Gasteiger partial charge in [-0.15, -0.1) is 0 Å². The number of aromatic nitrogens is 2. The van der Waals surface area contributed by atoms with Crippen LogP contribution in [0.3, 0.4) is 0 Å². The highest BCUT2D eigenvalue weighted by Gasteiger charge is 2.40. The number of piperidine rings is 1. The van der Waals surface area contributed by atoms with E-state index in [1.54, 1.807) is 0 Å². The fourth-order valence-electron chi connectivity index (χ4n) is 5.53. The topological polar surface area (TPSA) is 79.1 Å². The Labute approximate surface area is 143 Å². The van der Waals surface area contributed by atoms with Gasteiger partial charge in [0.2, 0.25) is 5.95 Å². The van der Waals surface area contributed by atoms with E-state index in [4.69, 9.17) is 5.73 Å². The van der Waals surface area contributed by atoms with Crippen LogP contribution in [0.5, 0.6) is 0 Å². The number of nitrogens with one attached hydrogen (secondary N) is 2. The average molecular weight is 328 g/mol. The largest absolute Gasteiger partial charge is 0.368 e. The van der Waals surface area contributed by atoms with E-state index in [2.05, 4.69) is 31.6 Å². The third-order valence-electron chi connectivity index (χ3n) is 6.72. The zero-order valence-corrected chi connectivity index (χ0v) is 14.2. The highest BCUT2D eigenvalue weighted by atomic mass is 15.3. The maximum atomic E-state index is 6.02. The van der Waals surface area contributed by atoms with E-state index in [0.717, 1.165) is 49.0 Å². The van der Waals surface area contributed by atoms with Crippen molar-refractivity contribution < 1.29 is 0 Å². The molecule has 1 aromatic heterocycles. The summed E-state index contributed by atoms with van der Waals surface area (Å²) in [6.07, 6.45) is 8.09. The van der Waals surface area contributed by atoms with Gasteiger partial charge in [0.05, 0.1) is 0 Å². The van der Waals surface area contributed by atoms with Crippen LogP contribution in [0.1, 0.15) is 38.5 Å². The Balaban J connectivity index is 1.33. The summed E-state index contributed by atoms with van der Waals surface area (Å²) in [7, 11) is 0. The molecule has 5 unspecified atom stereocenters. The lowest BCUT2D eigenvalue weighted by atomic mass is 9.94. The molecule has 3 heterocycles. The van der Waals surface area contributed by atoms with E-state index < -0.39 is 0 Å². The lowest BCUT2D eigenvalue weighted by Gasteiger charge is -2.24. The minimum atomic E-state index is 0.390. The summed E-state index contributed by atoms with van der Waals surface area (Å²) in [5, 5.41) is 7.32. The third-order valence-corrected chi connectivity index (χ3v) is 6.72. The van der Waals surface area contributed by atoms with Gasteiger partial charge in [-0.3, -0.25) is 0 Å². The van der Waals surface area contributed by atoms with E-state index >= 15 is 0 Å². The number of hydrogen-bond acceptors (Lipinski definition) is 6. The van der Waals surface area contributed by atoms with Gasteiger partial charge in [-0.2, -0.15) is 9.97 Å². The van der Waals surface area contributed by atoms with Crippen LogP contribution in [0.15, 0.2) is 6.07 Å². The minimum Gasteiger partial charge on any atom is -0.368 e. The van der Waals surface area contributed by atoms with Gasteiger partial charge in [0.15, 0.2) is 0 Å². The molecule has 0 spiro atoms. The van der Waals surface area contributed by atoms with Crippen LogP contribution in [0.4, 0.5) is 17.6 Å². The second-order valence-electron chi connectivity index (χ2n) is 8.26. The van der Waals surface area contributed by atoms with Gasteiger partial charge in [-0.25, -0.2) is 0 Å². The normalized spacial score (nSPS) is 37.7. The summed E-state index contributed by atoms with van der Waals surface area (Å²) in [6, 6.07) is 3.30. The van der Waals surface area contributed by atoms with Gasteiger partial charge in [0, 0.05) is 31.2 Å². The number of anilines is 3. The minimum absolute atomic E-state index is 0.390. The third kappa shape index (κ3) is 2.61. The highest BCUT2D eigenvalue weighted by Crippen LogP contribution is 2.45. The molecule has 0 aromatic carbocycles. The standard InChI is InChI=1S/C18H28N6/c19-18-22-16(21-14-7-11-3-4-12(14)6-11)8-17(23-18)24-9-13-2-1-5-20-15(13)10-24/h8,11-15,20H,1-7,9-10H2,(H3,19,21,22,23). The number of nitrogens with two attached hydrogens (primary N) is 1. The second-order valence-corrected chi connectivity index (χ2v) is 8.26. The van der Waals surface area contributed by atoms with Crippen molar-refractivity contribution in [2.24, 2.45) is 17.8 Å². The maximum Gasteiger partial charge on any atom is 0.223 e. The molecule has 2 bridgehead atoms. The molecule has 6 heteroatoms. The fraction of sp³-hybridized carbons (Fsp3) is 0.778. The number of hydrogen-bond donors (Lipinski definition) is 3. The molecule has 0 amide bonds. The Bertz CT molecular complexity index is 606. The van der Waals surface area contributed by atoms with Gasteiger partial charge >= 0.3 is 0 Å². The molecule has 5 atom stereocenters. The van der Waals surface area contributed by atoms with Gasteiger partial charge in [0.1, 0.15) is 11.6 Å². The Morgan fingerprint density at radius 2 is 2.08 bits per heavy atom. The first-order valence-electron chi connectivity index (χ1n) is 9.64. The Morgan fingerprint density at radius 3 is 2.88 bits per heavy atom. The van der Waals surface area contributed by atoms with Crippen LogP contribution in [-0.2, 0) is 0 Å². The van der Waals surface area contributed by atoms with Crippen LogP contribution in [-0.4, -0.2) is 41.7 Å². The molecule has 2 aliphatic carbocycles. The van der Waals surface area contributed by atoms with Crippen molar-refractivity contribution in [1.29, 1.82) is 0 Å². The van der Waals surface area contributed by atoms with E-state index in [-0.39, 0.29) is 0 Å². The van der Waals surface area contributed by atoms with Crippen LogP contribution in [0, 0.1) is 17.8 Å². The molecule has 6 nitrogen and oxygen atoms in total. The summed E-state index contributed by atoms with van der Waals surface area (Å²) in [5.74, 6) is 4.80. The van der Waals surface area contributed by atoms with Gasteiger partial charge in [0.25, 0.3) is 0 Å². The average Bonchev–Trinajstić information content (AvgIpc) is 3.29. The predicted molar refractivity (Wildman–Crippen MR) is 96.0 cm³/mol. The lowest BCUT2D eigenvalue weighted by Crippen LogP contribution is -2.40. The lowest BCUT2D eigenvalue weighted by molar-refractivity contribution is 0.340. The van der Waals surface area contributed by atoms with Crippen LogP contribution in [0.2, 0.25) is 0 Å². The first-order chi connectivity index (χ1) is 11.7. The zero-order valence-electron chi connectivity index (χ0n) is 14.2. The van der Waals surface area contributed by atoms with Crippen molar-refractivity contribution in [3.8, 4) is 0 Å². The Morgan fingerprint density at radius 1 is 1.12 bits per heavy atom. The van der Waals surface area contributed by atoms with Gasteiger partial charge in [-0.1, -0.05) is 6.42 Å². The van der Waals surface area contributed by atoms with E-state index in [1.165, 1.54) is 38.5 Å². The highest BCUT2D eigenvalue weighted by molar-refractivity contribution is 5.54. The van der Waals surface area contributed by atoms with Crippen molar-refractivity contribution in [2.45, 2.75) is 50.6 Å². The summed E-state index contributed by atoms with van der Waals surface area (Å²) in [6.45, 7) is 3.27. The first-order valence-corrected chi connectivity index (χ1v) is 9.64. The monoisotopic (exact) mass is 328 g/mol. The summed E-state index contributed by atoms with van der Waals surface area (Å²) >= 11 is 0. The molecule has 2 saturated carbocycles. The molecule has 4 aliphatic rings. The summed E-state index contributed by atoms with van der Waals surface area (Å²) in [4.78, 5) is 11.4.